The zero-order valence-electron chi connectivity index (χ0n) is 12.2. The van der Waals surface area contributed by atoms with E-state index in [1.807, 2.05) is 0 Å². The van der Waals surface area contributed by atoms with Crippen LogP contribution in [-0.4, -0.2) is 16.8 Å². The van der Waals surface area contributed by atoms with Crippen LogP contribution in [0.5, 0.6) is 0 Å². The molecule has 0 unspecified atom stereocenters. The third-order valence-corrected chi connectivity index (χ3v) is 4.27. The van der Waals surface area contributed by atoms with Gasteiger partial charge in [-0.1, -0.05) is 43.3 Å². The molecule has 2 nitrogen and oxygen atoms in total. The average molecular weight is 274 g/mol. The summed E-state index contributed by atoms with van der Waals surface area (Å²) in [4.78, 5) is 4.77. The highest BCUT2D eigenvalue weighted by molar-refractivity contribution is 6.07. The first kappa shape index (κ1) is 12.4. The second kappa shape index (κ2) is 4.88. The van der Waals surface area contributed by atoms with Crippen molar-refractivity contribution in [1.82, 2.24) is 4.57 Å². The first-order valence-corrected chi connectivity index (χ1v) is 7.61. The summed E-state index contributed by atoms with van der Waals surface area (Å²) < 4.78 is 2.38. The first-order chi connectivity index (χ1) is 10.4. The zero-order chi connectivity index (χ0) is 14.2. The third kappa shape index (κ3) is 1.83. The zero-order valence-corrected chi connectivity index (χ0v) is 12.2. The molecule has 0 saturated carbocycles. The van der Waals surface area contributed by atoms with Crippen LogP contribution >= 0.6 is 0 Å². The minimum Gasteiger partial charge on any atom is -0.308 e. The monoisotopic (exact) mass is 274 g/mol. The summed E-state index contributed by atoms with van der Waals surface area (Å²) in [6.07, 6.45) is 2.02. The van der Waals surface area contributed by atoms with E-state index in [0.29, 0.717) is 0 Å². The standard InChI is InChI=1S/C19H18N2/c1-2-17-19-16(12-13-20-17)15-10-6-7-11-18(15)21(19)14-8-4-3-5-9-14/h3-11H,2,12-13H2,1H3. The van der Waals surface area contributed by atoms with Crippen LogP contribution in [0.1, 0.15) is 24.6 Å². The van der Waals surface area contributed by atoms with Crippen molar-refractivity contribution in [1.29, 1.82) is 0 Å². The van der Waals surface area contributed by atoms with Gasteiger partial charge in [0.05, 0.1) is 16.9 Å². The fourth-order valence-corrected chi connectivity index (χ4v) is 3.37. The highest BCUT2D eigenvalue weighted by Crippen LogP contribution is 2.32. The Balaban J connectivity index is 2.13. The lowest BCUT2D eigenvalue weighted by molar-refractivity contribution is 0.915. The molecule has 1 aliphatic rings. The fraction of sp³-hybridized carbons (Fsp3) is 0.211. The molecular formula is C19H18N2. The number of fused-ring (bicyclic) bond motifs is 3. The van der Waals surface area contributed by atoms with E-state index in [-0.39, 0.29) is 0 Å². The Bertz CT molecular complexity index is 825. The lowest BCUT2D eigenvalue weighted by Gasteiger charge is -2.17. The lowest BCUT2D eigenvalue weighted by Crippen LogP contribution is -2.15. The summed E-state index contributed by atoms with van der Waals surface area (Å²) in [6, 6.07) is 19.3. The van der Waals surface area contributed by atoms with Gasteiger partial charge in [-0.3, -0.25) is 4.99 Å². The van der Waals surface area contributed by atoms with Gasteiger partial charge in [-0.15, -0.1) is 0 Å². The predicted octanol–water partition coefficient (Wildman–Crippen LogP) is 4.39. The van der Waals surface area contributed by atoms with Crippen LogP contribution < -0.4 is 0 Å². The number of rotatable bonds is 2. The highest BCUT2D eigenvalue weighted by Gasteiger charge is 2.23. The molecule has 0 aliphatic carbocycles. The number of para-hydroxylation sites is 2. The minimum atomic E-state index is 0.916. The highest BCUT2D eigenvalue weighted by atomic mass is 15.0. The number of hydrogen-bond acceptors (Lipinski definition) is 1. The van der Waals surface area contributed by atoms with Crippen molar-refractivity contribution in [2.24, 2.45) is 4.99 Å². The maximum absolute atomic E-state index is 4.77. The number of benzene rings is 2. The van der Waals surface area contributed by atoms with Gasteiger partial charge >= 0.3 is 0 Å². The smallest absolute Gasteiger partial charge is 0.0711 e. The lowest BCUT2D eigenvalue weighted by atomic mass is 10.0. The van der Waals surface area contributed by atoms with E-state index >= 15 is 0 Å². The number of aromatic nitrogens is 1. The van der Waals surface area contributed by atoms with Crippen LogP contribution in [0.3, 0.4) is 0 Å². The molecule has 0 radical (unpaired) electrons. The summed E-state index contributed by atoms with van der Waals surface area (Å²) in [6.45, 7) is 3.11. The summed E-state index contributed by atoms with van der Waals surface area (Å²) in [5.74, 6) is 0. The van der Waals surface area contributed by atoms with Crippen molar-refractivity contribution in [2.45, 2.75) is 19.8 Å². The van der Waals surface area contributed by atoms with E-state index in [9.17, 15) is 0 Å². The Labute approximate surface area is 124 Å². The van der Waals surface area contributed by atoms with Gasteiger partial charge in [0.15, 0.2) is 0 Å². The molecule has 2 heterocycles. The van der Waals surface area contributed by atoms with E-state index in [1.54, 1.807) is 0 Å². The van der Waals surface area contributed by atoms with Crippen LogP contribution in [-0.2, 0) is 6.42 Å². The first-order valence-electron chi connectivity index (χ1n) is 7.61. The maximum Gasteiger partial charge on any atom is 0.0711 e. The molecular weight excluding hydrogens is 256 g/mol. The molecule has 0 atom stereocenters. The fourth-order valence-electron chi connectivity index (χ4n) is 3.37. The summed E-state index contributed by atoms with van der Waals surface area (Å²) >= 11 is 0. The molecule has 0 fully saturated rings. The van der Waals surface area contributed by atoms with E-state index in [0.717, 1.165) is 19.4 Å². The molecule has 0 bridgehead atoms. The van der Waals surface area contributed by atoms with Crippen molar-refractivity contribution in [3.8, 4) is 5.69 Å². The van der Waals surface area contributed by atoms with E-state index in [4.69, 9.17) is 4.99 Å². The topological polar surface area (TPSA) is 17.3 Å². The van der Waals surface area contributed by atoms with E-state index < -0.39 is 0 Å². The van der Waals surface area contributed by atoms with E-state index in [2.05, 4.69) is 66.1 Å². The van der Waals surface area contributed by atoms with Crippen LogP contribution in [0.25, 0.3) is 16.6 Å². The Morgan fingerprint density at radius 1 is 1.00 bits per heavy atom. The van der Waals surface area contributed by atoms with Gasteiger partial charge in [0.25, 0.3) is 0 Å². The molecule has 2 aromatic carbocycles. The van der Waals surface area contributed by atoms with Crippen molar-refractivity contribution in [3.05, 3.63) is 65.9 Å². The third-order valence-electron chi connectivity index (χ3n) is 4.27. The average Bonchev–Trinajstić information content (AvgIpc) is 2.90. The SMILES string of the molecule is CCC1=NCCc2c1n(-c1ccccc1)c1ccccc21. The Hall–Kier alpha value is -2.35. The van der Waals surface area contributed by atoms with Crippen LogP contribution in [0.15, 0.2) is 59.6 Å². The maximum atomic E-state index is 4.77. The Kier molecular flexibility index (Phi) is 2.88. The number of aliphatic imine (C=N–C) groups is 1. The number of nitrogens with zero attached hydrogens (tertiary/aromatic N) is 2. The van der Waals surface area contributed by atoms with Gasteiger partial charge < -0.3 is 4.57 Å². The van der Waals surface area contributed by atoms with Gasteiger partial charge in [0, 0.05) is 17.6 Å². The van der Waals surface area contributed by atoms with Gasteiger partial charge in [0.2, 0.25) is 0 Å². The summed E-state index contributed by atoms with van der Waals surface area (Å²) in [7, 11) is 0. The number of hydrogen-bond donors (Lipinski definition) is 0. The largest absolute Gasteiger partial charge is 0.308 e. The summed E-state index contributed by atoms with van der Waals surface area (Å²) in [5.41, 5.74) is 6.52. The van der Waals surface area contributed by atoms with Crippen LogP contribution in [0, 0.1) is 0 Å². The Morgan fingerprint density at radius 3 is 2.57 bits per heavy atom. The second-order valence-electron chi connectivity index (χ2n) is 5.45. The normalized spacial score (nSPS) is 14.0. The molecule has 4 rings (SSSR count). The molecule has 3 aromatic rings. The molecule has 21 heavy (non-hydrogen) atoms. The molecule has 0 saturated heterocycles. The second-order valence-corrected chi connectivity index (χ2v) is 5.45. The molecule has 104 valence electrons. The van der Waals surface area contributed by atoms with Gasteiger partial charge in [0.1, 0.15) is 0 Å². The molecule has 0 N–H and O–H groups in total. The quantitative estimate of drug-likeness (QED) is 0.659. The van der Waals surface area contributed by atoms with Crippen molar-refractivity contribution >= 4 is 16.6 Å². The predicted molar refractivity (Wildman–Crippen MR) is 88.7 cm³/mol. The van der Waals surface area contributed by atoms with Gasteiger partial charge in [-0.25, -0.2) is 0 Å². The minimum absolute atomic E-state index is 0.916. The molecule has 1 aliphatic heterocycles. The van der Waals surface area contributed by atoms with Crippen molar-refractivity contribution in [3.63, 3.8) is 0 Å². The van der Waals surface area contributed by atoms with E-state index in [1.165, 1.54) is 33.6 Å². The van der Waals surface area contributed by atoms with Gasteiger partial charge in [-0.05, 0) is 36.6 Å². The summed E-state index contributed by atoms with van der Waals surface area (Å²) in [5, 5.41) is 1.37. The van der Waals surface area contributed by atoms with Crippen molar-refractivity contribution < 1.29 is 0 Å². The Morgan fingerprint density at radius 2 is 1.76 bits per heavy atom. The molecule has 2 heteroatoms. The van der Waals surface area contributed by atoms with Crippen molar-refractivity contribution in [2.75, 3.05) is 6.54 Å². The molecule has 0 spiro atoms. The van der Waals surface area contributed by atoms with Crippen LogP contribution in [0.4, 0.5) is 0 Å². The molecule has 0 amide bonds. The van der Waals surface area contributed by atoms with Gasteiger partial charge in [-0.2, -0.15) is 0 Å². The molecule has 1 aromatic heterocycles. The van der Waals surface area contributed by atoms with Crippen LogP contribution in [0.2, 0.25) is 0 Å².